The van der Waals surface area contributed by atoms with Gasteiger partial charge in [-0.05, 0) is 24.3 Å². The van der Waals surface area contributed by atoms with Crippen molar-refractivity contribution in [1.29, 1.82) is 0 Å². The predicted molar refractivity (Wildman–Crippen MR) is 128 cm³/mol. The third-order valence-electron chi connectivity index (χ3n) is 5.95. The smallest absolute Gasteiger partial charge is 0.256 e. The number of nitrogens with zero attached hydrogens (tertiary/aromatic N) is 5. The highest BCUT2D eigenvalue weighted by atomic mass is 35.5. The summed E-state index contributed by atoms with van der Waals surface area (Å²) in [7, 11) is 0. The topological polar surface area (TPSA) is 46.3 Å². The van der Waals surface area contributed by atoms with E-state index in [1.807, 2.05) is 35.2 Å². The lowest BCUT2D eigenvalue weighted by Gasteiger charge is -2.33. The van der Waals surface area contributed by atoms with Gasteiger partial charge in [0, 0.05) is 31.0 Å². The van der Waals surface area contributed by atoms with Crippen molar-refractivity contribution >= 4 is 35.0 Å². The molecule has 0 aliphatic carbocycles. The van der Waals surface area contributed by atoms with Gasteiger partial charge in [0.25, 0.3) is 5.78 Å². The zero-order valence-electron chi connectivity index (χ0n) is 18.3. The fourth-order valence-electron chi connectivity index (χ4n) is 4.13. The summed E-state index contributed by atoms with van der Waals surface area (Å²) >= 11 is 7.93. The van der Waals surface area contributed by atoms with Crippen molar-refractivity contribution in [3.05, 3.63) is 70.6 Å². The summed E-state index contributed by atoms with van der Waals surface area (Å²) in [4.78, 5) is 10.8. The van der Waals surface area contributed by atoms with E-state index < -0.39 is 23.0 Å². The molecule has 1 aliphatic rings. The number of hydrogen-bond donors (Lipinski definition) is 0. The van der Waals surface area contributed by atoms with Crippen molar-refractivity contribution in [2.75, 3.05) is 18.0 Å². The van der Waals surface area contributed by atoms with Crippen LogP contribution in [-0.4, -0.2) is 32.7 Å². The summed E-state index contributed by atoms with van der Waals surface area (Å²) in [6, 6.07) is 11.2. The molecule has 10 heteroatoms. The van der Waals surface area contributed by atoms with Crippen molar-refractivity contribution < 1.29 is 13.2 Å². The van der Waals surface area contributed by atoms with Gasteiger partial charge >= 0.3 is 0 Å². The lowest BCUT2D eigenvalue weighted by Crippen LogP contribution is -2.35. The van der Waals surface area contributed by atoms with Gasteiger partial charge in [0.15, 0.2) is 0 Å². The number of fused-ring (bicyclic) bond motifs is 1. The summed E-state index contributed by atoms with van der Waals surface area (Å²) in [6.07, 6.45) is 1.80. The van der Waals surface area contributed by atoms with Gasteiger partial charge in [-0.2, -0.15) is 14.5 Å². The van der Waals surface area contributed by atoms with Crippen LogP contribution in [0.15, 0.2) is 47.6 Å². The van der Waals surface area contributed by atoms with Gasteiger partial charge in [0.1, 0.15) is 28.4 Å². The van der Waals surface area contributed by atoms with Crippen molar-refractivity contribution in [3.63, 3.8) is 0 Å². The normalized spacial score (nSPS) is 14.8. The molecule has 5 nitrogen and oxygen atoms in total. The molecule has 0 N–H and O–H groups in total. The van der Waals surface area contributed by atoms with E-state index in [1.165, 1.54) is 16.3 Å². The first-order valence-corrected chi connectivity index (χ1v) is 12.3. The van der Waals surface area contributed by atoms with Crippen LogP contribution >= 0.6 is 23.4 Å². The van der Waals surface area contributed by atoms with Gasteiger partial charge < -0.3 is 4.90 Å². The number of anilines is 1. The maximum Gasteiger partial charge on any atom is 0.256 e. The van der Waals surface area contributed by atoms with Crippen LogP contribution in [0.3, 0.4) is 0 Å². The van der Waals surface area contributed by atoms with Crippen LogP contribution in [-0.2, 0) is 5.75 Å². The minimum Gasteiger partial charge on any atom is -0.356 e. The third kappa shape index (κ3) is 4.46. The molecule has 0 spiro atoms. The monoisotopic (exact) mass is 503 g/mol. The molecule has 1 aliphatic heterocycles. The van der Waals surface area contributed by atoms with Gasteiger partial charge in [-0.25, -0.2) is 13.2 Å². The number of piperidine rings is 1. The van der Waals surface area contributed by atoms with Crippen LogP contribution in [0.4, 0.5) is 19.0 Å². The zero-order valence-corrected chi connectivity index (χ0v) is 19.9. The minimum absolute atomic E-state index is 0.0447. The maximum atomic E-state index is 14.9. The van der Waals surface area contributed by atoms with E-state index in [1.54, 1.807) is 0 Å². The highest BCUT2D eigenvalue weighted by molar-refractivity contribution is 7.98. The zero-order chi connectivity index (χ0) is 23.8. The lowest BCUT2D eigenvalue weighted by molar-refractivity contribution is 0.435. The predicted octanol–water partition coefficient (Wildman–Crippen LogP) is 6.39. The Morgan fingerprint density at radius 3 is 2.35 bits per heavy atom. The number of thioether (sulfide) groups is 1. The van der Waals surface area contributed by atoms with Crippen LogP contribution in [0.1, 0.15) is 25.3 Å². The molecule has 2 aromatic carbocycles. The number of hydrogen-bond acceptors (Lipinski definition) is 5. The van der Waals surface area contributed by atoms with Gasteiger partial charge in [0.2, 0.25) is 5.16 Å². The molecule has 0 amide bonds. The van der Waals surface area contributed by atoms with E-state index >= 15 is 0 Å². The third-order valence-corrected chi connectivity index (χ3v) is 7.13. The molecule has 5 rings (SSSR count). The Kier molecular flexibility index (Phi) is 6.40. The minimum atomic E-state index is -1.05. The number of benzene rings is 2. The van der Waals surface area contributed by atoms with Crippen molar-refractivity contribution in [1.82, 2.24) is 19.6 Å². The Morgan fingerprint density at radius 2 is 1.68 bits per heavy atom. The Hall–Kier alpha value is -2.78. The van der Waals surface area contributed by atoms with Gasteiger partial charge in [-0.1, -0.05) is 60.6 Å². The van der Waals surface area contributed by atoms with Gasteiger partial charge in [-0.3, -0.25) is 0 Å². The number of rotatable bonds is 5. The van der Waals surface area contributed by atoms with E-state index in [9.17, 15) is 13.2 Å². The molecule has 0 atom stereocenters. The molecule has 176 valence electrons. The van der Waals surface area contributed by atoms with E-state index in [-0.39, 0.29) is 16.5 Å². The Balaban J connectivity index is 1.65. The quantitative estimate of drug-likeness (QED) is 0.233. The molecule has 0 unspecified atom stereocenters. The summed E-state index contributed by atoms with van der Waals surface area (Å²) in [6.45, 7) is 3.47. The van der Waals surface area contributed by atoms with Crippen LogP contribution in [0.25, 0.3) is 16.9 Å². The Morgan fingerprint density at radius 1 is 1.00 bits per heavy atom. The van der Waals surface area contributed by atoms with Crippen LogP contribution < -0.4 is 4.90 Å². The molecule has 2 aromatic heterocycles. The van der Waals surface area contributed by atoms with Crippen molar-refractivity contribution in [3.8, 4) is 11.1 Å². The molecular formula is C24H21ClF3N5S. The summed E-state index contributed by atoms with van der Waals surface area (Å²) in [5.41, 5.74) is 0.727. The molecule has 34 heavy (non-hydrogen) atoms. The SMILES string of the molecule is CC1CCN(c2c(-c3c(F)cc(F)cc3F)c(Cl)nc3nc(SCc4ccccc4)nn23)CC1. The van der Waals surface area contributed by atoms with E-state index in [0.717, 1.165) is 18.4 Å². The molecule has 3 heterocycles. The second kappa shape index (κ2) is 9.46. The molecule has 0 radical (unpaired) electrons. The second-order valence-electron chi connectivity index (χ2n) is 8.40. The van der Waals surface area contributed by atoms with Crippen molar-refractivity contribution in [2.45, 2.75) is 30.7 Å². The van der Waals surface area contributed by atoms with Crippen LogP contribution in [0.5, 0.6) is 0 Å². The second-order valence-corrected chi connectivity index (χ2v) is 9.70. The van der Waals surface area contributed by atoms with E-state index in [4.69, 9.17) is 11.6 Å². The standard InChI is InChI=1S/C24H21ClF3N5S/c1-14-7-9-32(10-8-14)22-20(19-17(27)11-16(26)12-18(19)28)21(25)29-23-30-24(31-33(22)23)34-13-15-5-3-2-4-6-15/h2-6,11-12,14H,7-10,13H2,1H3. The molecule has 4 aromatic rings. The first-order valence-electron chi connectivity index (χ1n) is 10.9. The van der Waals surface area contributed by atoms with Crippen LogP contribution in [0, 0.1) is 23.4 Å². The Labute approximate surface area is 204 Å². The van der Waals surface area contributed by atoms with Crippen LogP contribution in [0.2, 0.25) is 5.15 Å². The first kappa shape index (κ1) is 23.0. The highest BCUT2D eigenvalue weighted by Crippen LogP contribution is 2.41. The van der Waals surface area contributed by atoms with Gasteiger partial charge in [-0.15, -0.1) is 5.10 Å². The molecule has 0 bridgehead atoms. The fraction of sp³-hybridized carbons (Fsp3) is 0.292. The first-order chi connectivity index (χ1) is 16.4. The lowest BCUT2D eigenvalue weighted by atomic mass is 9.98. The number of aromatic nitrogens is 4. The molecule has 1 fully saturated rings. The fourth-order valence-corrected chi connectivity index (χ4v) is 5.16. The molecule has 1 saturated heterocycles. The highest BCUT2D eigenvalue weighted by Gasteiger charge is 2.29. The average Bonchev–Trinajstić information content (AvgIpc) is 3.21. The van der Waals surface area contributed by atoms with E-state index in [2.05, 4.69) is 22.0 Å². The Bertz CT molecular complexity index is 1320. The average molecular weight is 504 g/mol. The van der Waals surface area contributed by atoms with E-state index in [0.29, 0.717) is 47.9 Å². The van der Waals surface area contributed by atoms with Gasteiger partial charge in [0.05, 0.1) is 11.1 Å². The molecular weight excluding hydrogens is 483 g/mol. The summed E-state index contributed by atoms with van der Waals surface area (Å²) in [5, 5.41) is 4.97. The summed E-state index contributed by atoms with van der Waals surface area (Å²) < 4.78 is 44.9. The largest absolute Gasteiger partial charge is 0.356 e. The number of halogens is 4. The molecule has 0 saturated carbocycles. The maximum absolute atomic E-state index is 14.9. The van der Waals surface area contributed by atoms with Crippen molar-refractivity contribution in [2.24, 2.45) is 5.92 Å². The summed E-state index contributed by atoms with van der Waals surface area (Å²) in [5.74, 6) is -1.28.